The van der Waals surface area contributed by atoms with E-state index in [9.17, 15) is 13.2 Å². The van der Waals surface area contributed by atoms with Crippen LogP contribution in [0.2, 0.25) is 0 Å². The average Bonchev–Trinajstić information content (AvgIpc) is 3.32. The molecule has 0 spiro atoms. The molecule has 0 atom stereocenters. The van der Waals surface area contributed by atoms with Gasteiger partial charge >= 0.3 is 0 Å². The Morgan fingerprint density at radius 3 is 2.45 bits per heavy atom. The molecule has 1 saturated heterocycles. The number of nitrogens with zero attached hydrogens (tertiary/aromatic N) is 1. The first-order valence-corrected chi connectivity index (χ1v) is 9.80. The SMILES string of the molecule is O=C(C1CC1)N1CCC(NS(=O)(=O)c2cccc(Br)c2)CC1. The third-order valence-corrected chi connectivity index (χ3v) is 6.17. The molecule has 0 radical (unpaired) electrons. The lowest BCUT2D eigenvalue weighted by Crippen LogP contribution is -2.46. The van der Waals surface area contributed by atoms with Gasteiger partial charge in [0.1, 0.15) is 0 Å². The topological polar surface area (TPSA) is 66.5 Å². The Balaban J connectivity index is 1.59. The standard InChI is InChI=1S/C15H19BrN2O3S/c16-12-2-1-3-14(10-12)22(20,21)17-13-6-8-18(9-7-13)15(19)11-4-5-11/h1-3,10-11,13,17H,4-9H2. The second kappa shape index (κ2) is 6.29. The average molecular weight is 387 g/mol. The van der Waals surface area contributed by atoms with Crippen LogP contribution in [0.15, 0.2) is 33.6 Å². The van der Waals surface area contributed by atoms with Crippen molar-refractivity contribution in [3.05, 3.63) is 28.7 Å². The molecule has 1 saturated carbocycles. The monoisotopic (exact) mass is 386 g/mol. The Hall–Kier alpha value is -0.920. The van der Waals surface area contributed by atoms with Crippen molar-refractivity contribution in [3.8, 4) is 0 Å². The molecule has 5 nitrogen and oxygen atoms in total. The molecule has 1 amide bonds. The van der Waals surface area contributed by atoms with E-state index in [0.717, 1.165) is 17.3 Å². The van der Waals surface area contributed by atoms with Crippen LogP contribution in [0.3, 0.4) is 0 Å². The molecule has 0 aromatic heterocycles. The van der Waals surface area contributed by atoms with E-state index < -0.39 is 10.0 Å². The zero-order chi connectivity index (χ0) is 15.7. The molecule has 0 unspecified atom stereocenters. The molecule has 1 N–H and O–H groups in total. The van der Waals surface area contributed by atoms with Crippen molar-refractivity contribution in [2.75, 3.05) is 13.1 Å². The molecule has 1 aromatic rings. The highest BCUT2D eigenvalue weighted by molar-refractivity contribution is 9.10. The van der Waals surface area contributed by atoms with Crippen molar-refractivity contribution < 1.29 is 13.2 Å². The van der Waals surface area contributed by atoms with Crippen molar-refractivity contribution in [3.63, 3.8) is 0 Å². The van der Waals surface area contributed by atoms with Gasteiger partial charge in [0, 0.05) is 29.5 Å². The minimum atomic E-state index is -3.51. The van der Waals surface area contributed by atoms with E-state index in [1.165, 1.54) is 0 Å². The number of nitrogens with one attached hydrogen (secondary N) is 1. The van der Waals surface area contributed by atoms with Crippen LogP contribution >= 0.6 is 15.9 Å². The lowest BCUT2D eigenvalue weighted by molar-refractivity contribution is -0.133. The lowest BCUT2D eigenvalue weighted by Gasteiger charge is -2.32. The quantitative estimate of drug-likeness (QED) is 0.861. The van der Waals surface area contributed by atoms with E-state index in [2.05, 4.69) is 20.7 Å². The smallest absolute Gasteiger partial charge is 0.240 e. The summed E-state index contributed by atoms with van der Waals surface area (Å²) in [6.45, 7) is 1.28. The summed E-state index contributed by atoms with van der Waals surface area (Å²) in [7, 11) is -3.51. The Labute approximate surface area is 139 Å². The summed E-state index contributed by atoms with van der Waals surface area (Å²) < 4.78 is 28.2. The zero-order valence-electron chi connectivity index (χ0n) is 12.2. The van der Waals surface area contributed by atoms with Gasteiger partial charge in [-0.3, -0.25) is 4.79 Å². The highest BCUT2D eigenvalue weighted by atomic mass is 79.9. The predicted octanol–water partition coefficient (Wildman–Crippen LogP) is 2.13. The first-order valence-electron chi connectivity index (χ1n) is 7.52. The third-order valence-electron chi connectivity index (χ3n) is 4.16. The summed E-state index contributed by atoms with van der Waals surface area (Å²) in [6, 6.07) is 6.57. The van der Waals surface area contributed by atoms with Crippen LogP contribution in [0.4, 0.5) is 0 Å². The van der Waals surface area contributed by atoms with Crippen LogP contribution in [0.1, 0.15) is 25.7 Å². The van der Waals surface area contributed by atoms with Crippen molar-refractivity contribution in [1.29, 1.82) is 0 Å². The fraction of sp³-hybridized carbons (Fsp3) is 0.533. The number of carbonyl (C=O) groups is 1. The highest BCUT2D eigenvalue weighted by Crippen LogP contribution is 2.32. The molecule has 2 fully saturated rings. The number of piperidine rings is 1. The van der Waals surface area contributed by atoms with Crippen molar-refractivity contribution >= 4 is 31.9 Å². The van der Waals surface area contributed by atoms with Crippen LogP contribution in [0.5, 0.6) is 0 Å². The Morgan fingerprint density at radius 1 is 1.18 bits per heavy atom. The molecule has 120 valence electrons. The fourth-order valence-electron chi connectivity index (χ4n) is 2.73. The molecular formula is C15H19BrN2O3S. The molecule has 1 aliphatic carbocycles. The maximum Gasteiger partial charge on any atom is 0.240 e. The molecule has 22 heavy (non-hydrogen) atoms. The molecule has 2 aliphatic rings. The number of sulfonamides is 1. The highest BCUT2D eigenvalue weighted by Gasteiger charge is 2.35. The first-order chi connectivity index (χ1) is 10.5. The third kappa shape index (κ3) is 3.70. The predicted molar refractivity (Wildman–Crippen MR) is 86.8 cm³/mol. The minimum Gasteiger partial charge on any atom is -0.342 e. The second-order valence-electron chi connectivity index (χ2n) is 5.95. The largest absolute Gasteiger partial charge is 0.342 e. The van der Waals surface area contributed by atoms with Crippen LogP contribution in [-0.4, -0.2) is 38.4 Å². The maximum atomic E-state index is 12.4. The Bertz CT molecular complexity index is 665. The number of amides is 1. The number of rotatable bonds is 4. The normalized spacial score (nSPS) is 20.1. The van der Waals surface area contributed by atoms with Crippen molar-refractivity contribution in [1.82, 2.24) is 9.62 Å². The van der Waals surface area contributed by atoms with Gasteiger partial charge in [-0.25, -0.2) is 13.1 Å². The van der Waals surface area contributed by atoms with Crippen LogP contribution in [-0.2, 0) is 14.8 Å². The Morgan fingerprint density at radius 2 is 1.86 bits per heavy atom. The van der Waals surface area contributed by atoms with Gasteiger partial charge < -0.3 is 4.90 Å². The van der Waals surface area contributed by atoms with E-state index in [-0.39, 0.29) is 22.8 Å². The van der Waals surface area contributed by atoms with E-state index in [4.69, 9.17) is 0 Å². The van der Waals surface area contributed by atoms with E-state index in [0.29, 0.717) is 25.9 Å². The molecule has 1 aliphatic heterocycles. The number of benzene rings is 1. The Kier molecular flexibility index (Phi) is 4.56. The summed E-state index contributed by atoms with van der Waals surface area (Å²) in [6.07, 6.45) is 3.36. The number of hydrogen-bond donors (Lipinski definition) is 1. The van der Waals surface area contributed by atoms with E-state index in [1.807, 2.05) is 4.90 Å². The van der Waals surface area contributed by atoms with Gasteiger partial charge in [0.2, 0.25) is 15.9 Å². The van der Waals surface area contributed by atoms with Crippen LogP contribution < -0.4 is 4.72 Å². The van der Waals surface area contributed by atoms with Gasteiger partial charge in [0.05, 0.1) is 4.90 Å². The molecule has 3 rings (SSSR count). The van der Waals surface area contributed by atoms with Gasteiger partial charge in [0.25, 0.3) is 0 Å². The minimum absolute atomic E-state index is 0.104. The van der Waals surface area contributed by atoms with Gasteiger partial charge in [-0.2, -0.15) is 0 Å². The van der Waals surface area contributed by atoms with Gasteiger partial charge in [-0.15, -0.1) is 0 Å². The molecule has 0 bridgehead atoms. The number of carbonyl (C=O) groups excluding carboxylic acids is 1. The van der Waals surface area contributed by atoms with Gasteiger partial charge in [-0.1, -0.05) is 22.0 Å². The van der Waals surface area contributed by atoms with Crippen molar-refractivity contribution in [2.45, 2.75) is 36.6 Å². The van der Waals surface area contributed by atoms with Gasteiger partial charge in [-0.05, 0) is 43.9 Å². The first kappa shape index (κ1) is 16.0. The summed E-state index contributed by atoms with van der Waals surface area (Å²) in [5.41, 5.74) is 0. The second-order valence-corrected chi connectivity index (χ2v) is 8.58. The fourth-order valence-corrected chi connectivity index (χ4v) is 4.63. The zero-order valence-corrected chi connectivity index (χ0v) is 14.6. The maximum absolute atomic E-state index is 12.4. The molecule has 1 aromatic carbocycles. The number of halogens is 1. The summed E-state index contributed by atoms with van der Waals surface area (Å²) in [4.78, 5) is 14.1. The molecule has 1 heterocycles. The van der Waals surface area contributed by atoms with E-state index in [1.54, 1.807) is 24.3 Å². The summed E-state index contributed by atoms with van der Waals surface area (Å²) in [5.74, 6) is 0.475. The van der Waals surface area contributed by atoms with E-state index >= 15 is 0 Å². The lowest BCUT2D eigenvalue weighted by atomic mass is 10.1. The number of likely N-dealkylation sites (tertiary alicyclic amines) is 1. The molecular weight excluding hydrogens is 368 g/mol. The van der Waals surface area contributed by atoms with Crippen molar-refractivity contribution in [2.24, 2.45) is 5.92 Å². The van der Waals surface area contributed by atoms with Gasteiger partial charge in [0.15, 0.2) is 0 Å². The van der Waals surface area contributed by atoms with Crippen LogP contribution in [0, 0.1) is 5.92 Å². The molecule has 7 heteroatoms. The summed E-state index contributed by atoms with van der Waals surface area (Å²) >= 11 is 3.29. The van der Waals surface area contributed by atoms with Crippen LogP contribution in [0.25, 0.3) is 0 Å². The summed E-state index contributed by atoms with van der Waals surface area (Å²) in [5, 5.41) is 0. The number of hydrogen-bond acceptors (Lipinski definition) is 3.